The van der Waals surface area contributed by atoms with Crippen LogP contribution in [0.4, 0.5) is 11.6 Å². The van der Waals surface area contributed by atoms with Gasteiger partial charge in [0.1, 0.15) is 0 Å². The molecule has 4 heterocycles. The smallest absolute Gasteiger partial charge is 0.231 e. The number of fused-ring (bicyclic) bond motifs is 1. The first-order valence-electron chi connectivity index (χ1n) is 9.56. The molecule has 1 aromatic carbocycles. The number of rotatable bonds is 5. The molecule has 146 valence electrons. The number of nitrogens with one attached hydrogen (secondary N) is 1. The molecule has 1 aliphatic rings. The summed E-state index contributed by atoms with van der Waals surface area (Å²) in [7, 11) is 0. The monoisotopic (exact) mass is 405 g/mol. The highest BCUT2D eigenvalue weighted by Crippen LogP contribution is 2.28. The van der Waals surface area contributed by atoms with E-state index >= 15 is 0 Å². The number of aromatic nitrogens is 3. The van der Waals surface area contributed by atoms with E-state index in [0.717, 1.165) is 47.8 Å². The Morgan fingerprint density at radius 1 is 1.07 bits per heavy atom. The number of carbonyl (C=O) groups is 1. The minimum Gasteiger partial charge on any atom is -0.462 e. The van der Waals surface area contributed by atoms with Crippen LogP contribution in [0.15, 0.2) is 52.5 Å². The highest BCUT2D eigenvalue weighted by Gasteiger charge is 2.21. The van der Waals surface area contributed by atoms with Gasteiger partial charge in [-0.1, -0.05) is 12.1 Å². The Bertz CT molecular complexity index is 1150. The Balaban J connectivity index is 1.39. The maximum Gasteiger partial charge on any atom is 0.231 e. The predicted octanol–water partition coefficient (Wildman–Crippen LogP) is 4.13. The topological polar surface area (TPSA) is 84.2 Å². The zero-order valence-electron chi connectivity index (χ0n) is 15.7. The minimum atomic E-state index is -0.161. The second-order valence-corrected chi connectivity index (χ2v) is 7.78. The summed E-state index contributed by atoms with van der Waals surface area (Å²) < 4.78 is 5.37. The first-order valence-corrected chi connectivity index (χ1v) is 10.4. The Labute approximate surface area is 171 Å². The number of furan rings is 1. The Kier molecular flexibility index (Phi) is 4.69. The normalized spacial score (nSPS) is 13.9. The summed E-state index contributed by atoms with van der Waals surface area (Å²) >= 11 is 1.46. The van der Waals surface area contributed by atoms with Crippen molar-refractivity contribution in [2.24, 2.45) is 0 Å². The summed E-state index contributed by atoms with van der Waals surface area (Å²) in [6.07, 6.45) is 4.03. The van der Waals surface area contributed by atoms with Crippen molar-refractivity contribution in [2.45, 2.75) is 19.3 Å². The van der Waals surface area contributed by atoms with E-state index in [1.807, 2.05) is 41.8 Å². The number of anilines is 2. The molecule has 3 aromatic heterocycles. The van der Waals surface area contributed by atoms with Crippen LogP contribution in [-0.4, -0.2) is 33.9 Å². The molecule has 1 fully saturated rings. The molecular formula is C21H19N5O2S. The number of hydrogen-bond donors (Lipinski definition) is 1. The van der Waals surface area contributed by atoms with E-state index in [1.165, 1.54) is 11.3 Å². The number of hydrogen-bond acceptors (Lipinski definition) is 7. The number of para-hydroxylation sites is 2. The molecule has 8 heteroatoms. The lowest BCUT2D eigenvalue weighted by Crippen LogP contribution is -2.24. The second-order valence-electron chi connectivity index (χ2n) is 6.92. The van der Waals surface area contributed by atoms with Crippen molar-refractivity contribution in [3.8, 4) is 10.8 Å². The fourth-order valence-electron chi connectivity index (χ4n) is 3.47. The summed E-state index contributed by atoms with van der Waals surface area (Å²) in [5, 5.41) is 5.60. The highest BCUT2D eigenvalue weighted by molar-refractivity contribution is 7.13. The molecule has 7 nitrogen and oxygen atoms in total. The number of amides is 1. The maximum atomic E-state index is 12.7. The van der Waals surface area contributed by atoms with Gasteiger partial charge >= 0.3 is 0 Å². The van der Waals surface area contributed by atoms with Gasteiger partial charge in [0.2, 0.25) is 5.91 Å². The zero-order valence-corrected chi connectivity index (χ0v) is 16.5. The number of nitrogens with zero attached hydrogens (tertiary/aromatic N) is 4. The first kappa shape index (κ1) is 17.8. The van der Waals surface area contributed by atoms with Crippen molar-refractivity contribution in [1.82, 2.24) is 15.0 Å². The van der Waals surface area contributed by atoms with Gasteiger partial charge in [-0.05, 0) is 37.1 Å². The van der Waals surface area contributed by atoms with Gasteiger partial charge in [-0.25, -0.2) is 15.0 Å². The quantitative estimate of drug-likeness (QED) is 0.537. The molecule has 1 saturated heterocycles. The minimum absolute atomic E-state index is 0.161. The molecule has 0 saturated carbocycles. The van der Waals surface area contributed by atoms with Crippen molar-refractivity contribution in [3.63, 3.8) is 0 Å². The van der Waals surface area contributed by atoms with E-state index in [9.17, 15) is 4.79 Å². The van der Waals surface area contributed by atoms with E-state index in [-0.39, 0.29) is 12.3 Å². The largest absolute Gasteiger partial charge is 0.462 e. The summed E-state index contributed by atoms with van der Waals surface area (Å²) in [5.74, 6) is 1.80. The molecular weight excluding hydrogens is 386 g/mol. The average molecular weight is 405 g/mol. The summed E-state index contributed by atoms with van der Waals surface area (Å²) in [6, 6.07) is 11.4. The van der Waals surface area contributed by atoms with Crippen LogP contribution in [-0.2, 0) is 11.2 Å². The van der Waals surface area contributed by atoms with Gasteiger partial charge in [0.15, 0.2) is 22.4 Å². The van der Waals surface area contributed by atoms with Gasteiger partial charge in [0.25, 0.3) is 0 Å². The molecule has 0 atom stereocenters. The van der Waals surface area contributed by atoms with E-state index in [0.29, 0.717) is 17.3 Å². The third kappa shape index (κ3) is 3.71. The van der Waals surface area contributed by atoms with E-state index < -0.39 is 0 Å². The molecule has 4 aromatic rings. The van der Waals surface area contributed by atoms with Gasteiger partial charge in [-0.2, -0.15) is 0 Å². The molecule has 5 rings (SSSR count). The molecule has 1 aliphatic heterocycles. The van der Waals surface area contributed by atoms with Crippen LogP contribution in [0.3, 0.4) is 0 Å². The van der Waals surface area contributed by atoms with Crippen molar-refractivity contribution >= 4 is 39.9 Å². The van der Waals surface area contributed by atoms with Gasteiger partial charge in [0, 0.05) is 18.5 Å². The molecule has 0 unspecified atom stereocenters. The van der Waals surface area contributed by atoms with Gasteiger partial charge < -0.3 is 14.6 Å². The van der Waals surface area contributed by atoms with Gasteiger partial charge in [-0.15, -0.1) is 11.3 Å². The van der Waals surface area contributed by atoms with Crippen LogP contribution in [0, 0.1) is 0 Å². The van der Waals surface area contributed by atoms with Crippen LogP contribution in [0.5, 0.6) is 0 Å². The van der Waals surface area contributed by atoms with E-state index in [2.05, 4.69) is 20.2 Å². The van der Waals surface area contributed by atoms with E-state index in [4.69, 9.17) is 9.40 Å². The fourth-order valence-corrected chi connectivity index (χ4v) is 4.25. The molecule has 0 bridgehead atoms. The average Bonchev–Trinajstić information content (AvgIpc) is 3.49. The third-order valence-corrected chi connectivity index (χ3v) is 5.75. The second kappa shape index (κ2) is 7.63. The highest BCUT2D eigenvalue weighted by atomic mass is 32.1. The summed E-state index contributed by atoms with van der Waals surface area (Å²) in [5.41, 5.74) is 2.30. The summed E-state index contributed by atoms with van der Waals surface area (Å²) in [4.78, 5) is 28.9. The number of benzene rings is 1. The lowest BCUT2D eigenvalue weighted by atomic mass is 10.3. The van der Waals surface area contributed by atoms with Crippen molar-refractivity contribution < 1.29 is 9.21 Å². The predicted molar refractivity (Wildman–Crippen MR) is 113 cm³/mol. The van der Waals surface area contributed by atoms with Crippen LogP contribution >= 0.6 is 11.3 Å². The van der Waals surface area contributed by atoms with Crippen LogP contribution in [0.25, 0.3) is 21.8 Å². The molecule has 1 N–H and O–H groups in total. The van der Waals surface area contributed by atoms with Crippen molar-refractivity contribution in [2.75, 3.05) is 23.3 Å². The van der Waals surface area contributed by atoms with Gasteiger partial charge in [0.05, 0.1) is 29.4 Å². The third-order valence-electron chi connectivity index (χ3n) is 4.84. The molecule has 29 heavy (non-hydrogen) atoms. The molecule has 0 radical (unpaired) electrons. The van der Waals surface area contributed by atoms with Gasteiger partial charge in [-0.3, -0.25) is 4.79 Å². The molecule has 0 aliphatic carbocycles. The van der Waals surface area contributed by atoms with Crippen LogP contribution in [0.1, 0.15) is 18.5 Å². The van der Waals surface area contributed by atoms with E-state index in [1.54, 1.807) is 6.26 Å². The lowest BCUT2D eigenvalue weighted by molar-refractivity contribution is -0.115. The van der Waals surface area contributed by atoms with Crippen LogP contribution < -0.4 is 10.2 Å². The molecule has 0 spiro atoms. The number of thiazole rings is 1. The standard InChI is InChI=1S/C21H19N5O2S/c27-18(12-14-13-29-21(22-14)17-8-5-11-28-17)25-19-20(26-9-3-4-10-26)24-16-7-2-1-6-15(16)23-19/h1-2,5-8,11,13H,3-4,9-10,12H2,(H,23,25,27). The molecule has 1 amide bonds. The summed E-state index contributed by atoms with van der Waals surface area (Å²) in [6.45, 7) is 1.85. The SMILES string of the molecule is O=C(Cc1csc(-c2ccco2)n1)Nc1nc2ccccc2nc1N1CCCC1. The lowest BCUT2D eigenvalue weighted by Gasteiger charge is -2.20. The maximum absolute atomic E-state index is 12.7. The number of carbonyl (C=O) groups excluding carboxylic acids is 1. The van der Waals surface area contributed by atoms with Crippen LogP contribution in [0.2, 0.25) is 0 Å². The van der Waals surface area contributed by atoms with Crippen molar-refractivity contribution in [1.29, 1.82) is 0 Å². The Morgan fingerprint density at radius 3 is 2.62 bits per heavy atom. The Hall–Kier alpha value is -3.26. The first-order chi connectivity index (χ1) is 14.3. The Morgan fingerprint density at radius 2 is 1.86 bits per heavy atom. The van der Waals surface area contributed by atoms with Crippen molar-refractivity contribution in [3.05, 3.63) is 53.7 Å². The fraction of sp³-hybridized carbons (Fsp3) is 0.238. The zero-order chi connectivity index (χ0) is 19.6.